The van der Waals surface area contributed by atoms with Crippen molar-refractivity contribution in [2.24, 2.45) is 5.92 Å². The second-order valence-electron chi connectivity index (χ2n) is 5.19. The minimum absolute atomic E-state index is 0.219. The summed E-state index contributed by atoms with van der Waals surface area (Å²) in [5.74, 6) is 1.09. The second-order valence-corrected chi connectivity index (χ2v) is 6.26. The van der Waals surface area contributed by atoms with Crippen LogP contribution in [0.15, 0.2) is 30.3 Å². The van der Waals surface area contributed by atoms with Gasteiger partial charge in [-0.25, -0.2) is 0 Å². The fourth-order valence-corrected chi connectivity index (χ4v) is 2.72. The Morgan fingerprint density at radius 3 is 2.68 bits per heavy atom. The molecule has 2 aromatic rings. The van der Waals surface area contributed by atoms with Gasteiger partial charge in [-0.15, -0.1) is 10.2 Å². The molecule has 0 fully saturated rings. The molecule has 0 atom stereocenters. The van der Waals surface area contributed by atoms with Crippen LogP contribution in [0.2, 0.25) is 0 Å². The lowest BCUT2D eigenvalue weighted by Gasteiger charge is -1.99. The molecule has 1 N–H and O–H groups in total. The number of aromatic nitrogens is 2. The van der Waals surface area contributed by atoms with E-state index in [2.05, 4.69) is 29.4 Å². The Balaban J connectivity index is 1.91. The van der Waals surface area contributed by atoms with Crippen LogP contribution in [-0.4, -0.2) is 23.2 Å². The number of ether oxygens (including phenoxy) is 1. The topological polar surface area (TPSA) is 64.1 Å². The van der Waals surface area contributed by atoms with Gasteiger partial charge in [-0.2, -0.15) is 0 Å². The van der Waals surface area contributed by atoms with Gasteiger partial charge in [-0.1, -0.05) is 37.3 Å². The Bertz CT molecular complexity index is 648. The highest BCUT2D eigenvalue weighted by Gasteiger charge is 2.07. The van der Waals surface area contributed by atoms with E-state index in [1.807, 2.05) is 24.3 Å². The van der Waals surface area contributed by atoms with Crippen LogP contribution in [-0.2, 0) is 11.2 Å². The fraction of sp³-hybridized carbons (Fsp3) is 0.312. The van der Waals surface area contributed by atoms with E-state index in [0.29, 0.717) is 11.0 Å². The van der Waals surface area contributed by atoms with Crippen molar-refractivity contribution in [3.63, 3.8) is 0 Å². The highest BCUT2D eigenvalue weighted by Crippen LogP contribution is 2.18. The minimum Gasteiger partial charge on any atom is -0.497 e. The van der Waals surface area contributed by atoms with Crippen molar-refractivity contribution in [2.45, 2.75) is 20.3 Å². The average molecular weight is 317 g/mol. The number of amides is 1. The van der Waals surface area contributed by atoms with E-state index in [9.17, 15) is 4.79 Å². The number of methoxy groups -OCH3 is 1. The van der Waals surface area contributed by atoms with E-state index in [1.54, 1.807) is 13.2 Å². The Kier molecular flexibility index (Phi) is 5.66. The van der Waals surface area contributed by atoms with E-state index in [1.165, 1.54) is 17.4 Å². The summed E-state index contributed by atoms with van der Waals surface area (Å²) in [6, 6.07) is 7.46. The van der Waals surface area contributed by atoms with Gasteiger partial charge in [0.15, 0.2) is 0 Å². The summed E-state index contributed by atoms with van der Waals surface area (Å²) in [6.07, 6.45) is 4.09. The third kappa shape index (κ3) is 4.96. The summed E-state index contributed by atoms with van der Waals surface area (Å²) in [7, 11) is 1.62. The van der Waals surface area contributed by atoms with Gasteiger partial charge in [0.2, 0.25) is 11.0 Å². The lowest BCUT2D eigenvalue weighted by atomic mass is 10.1. The van der Waals surface area contributed by atoms with E-state index in [4.69, 9.17) is 4.74 Å². The van der Waals surface area contributed by atoms with Crippen LogP contribution in [0.1, 0.15) is 24.4 Å². The van der Waals surface area contributed by atoms with Gasteiger partial charge in [0.1, 0.15) is 10.8 Å². The first kappa shape index (κ1) is 16.2. The number of benzene rings is 1. The maximum atomic E-state index is 11.9. The lowest BCUT2D eigenvalue weighted by molar-refractivity contribution is -0.111. The van der Waals surface area contributed by atoms with Gasteiger partial charge in [-0.3, -0.25) is 10.1 Å². The maximum Gasteiger partial charge on any atom is 0.250 e. The summed E-state index contributed by atoms with van der Waals surface area (Å²) in [4.78, 5) is 11.9. The fourth-order valence-electron chi connectivity index (χ4n) is 1.77. The zero-order chi connectivity index (χ0) is 15.9. The Hall–Kier alpha value is -2.21. The van der Waals surface area contributed by atoms with Crippen molar-refractivity contribution < 1.29 is 9.53 Å². The maximum absolute atomic E-state index is 11.9. The number of carbonyl (C=O) groups is 1. The monoisotopic (exact) mass is 317 g/mol. The zero-order valence-corrected chi connectivity index (χ0v) is 13.7. The summed E-state index contributed by atoms with van der Waals surface area (Å²) in [5.41, 5.74) is 0.925. The highest BCUT2D eigenvalue weighted by molar-refractivity contribution is 7.15. The smallest absolute Gasteiger partial charge is 0.250 e. The molecule has 1 heterocycles. The molecular weight excluding hydrogens is 298 g/mol. The average Bonchev–Trinajstić information content (AvgIpc) is 2.92. The summed E-state index contributed by atoms with van der Waals surface area (Å²) in [5, 5.41) is 12.2. The molecule has 116 valence electrons. The Morgan fingerprint density at radius 2 is 2.05 bits per heavy atom. The molecule has 1 amide bonds. The number of nitrogens with zero attached hydrogens (tertiary/aromatic N) is 2. The first-order valence-corrected chi connectivity index (χ1v) is 7.84. The van der Waals surface area contributed by atoms with E-state index >= 15 is 0 Å². The molecule has 6 heteroatoms. The molecule has 0 aliphatic carbocycles. The first-order valence-electron chi connectivity index (χ1n) is 7.02. The van der Waals surface area contributed by atoms with Crippen molar-refractivity contribution in [1.82, 2.24) is 10.2 Å². The SMILES string of the molecule is COc1ccc(C=CC(=O)Nc2nnc(CC(C)C)s2)cc1. The number of rotatable bonds is 6. The van der Waals surface area contributed by atoms with E-state index in [-0.39, 0.29) is 5.91 Å². The van der Waals surface area contributed by atoms with Crippen molar-refractivity contribution in [1.29, 1.82) is 0 Å². The van der Waals surface area contributed by atoms with Crippen LogP contribution in [0.5, 0.6) is 5.75 Å². The summed E-state index contributed by atoms with van der Waals surface area (Å²) >= 11 is 1.41. The number of hydrogen-bond donors (Lipinski definition) is 1. The summed E-state index contributed by atoms with van der Waals surface area (Å²) < 4.78 is 5.09. The van der Waals surface area contributed by atoms with Crippen LogP contribution >= 0.6 is 11.3 Å². The van der Waals surface area contributed by atoms with Gasteiger partial charge >= 0.3 is 0 Å². The standard InChI is InChI=1S/C16H19N3O2S/c1-11(2)10-15-18-19-16(22-15)17-14(20)9-6-12-4-7-13(21-3)8-5-12/h4-9,11H,10H2,1-3H3,(H,17,19,20). The van der Waals surface area contributed by atoms with Crippen LogP contribution in [0.4, 0.5) is 5.13 Å². The third-order valence-electron chi connectivity index (χ3n) is 2.82. The van der Waals surface area contributed by atoms with Crippen LogP contribution in [0, 0.1) is 5.92 Å². The number of carbonyl (C=O) groups excluding carboxylic acids is 1. The van der Waals surface area contributed by atoms with E-state index < -0.39 is 0 Å². The lowest BCUT2D eigenvalue weighted by Crippen LogP contribution is -2.07. The number of hydrogen-bond acceptors (Lipinski definition) is 5. The largest absolute Gasteiger partial charge is 0.497 e. The van der Waals surface area contributed by atoms with Gasteiger partial charge in [0.05, 0.1) is 7.11 Å². The highest BCUT2D eigenvalue weighted by atomic mass is 32.1. The molecular formula is C16H19N3O2S. The van der Waals surface area contributed by atoms with Crippen LogP contribution < -0.4 is 10.1 Å². The van der Waals surface area contributed by atoms with Gasteiger partial charge in [-0.05, 0) is 29.7 Å². The normalized spacial score (nSPS) is 11.1. The van der Waals surface area contributed by atoms with Gasteiger partial charge in [0, 0.05) is 12.5 Å². The molecule has 0 aliphatic rings. The Morgan fingerprint density at radius 1 is 1.32 bits per heavy atom. The predicted molar refractivity (Wildman–Crippen MR) is 89.1 cm³/mol. The van der Waals surface area contributed by atoms with Gasteiger partial charge in [0.25, 0.3) is 0 Å². The zero-order valence-electron chi connectivity index (χ0n) is 12.9. The molecule has 0 bridgehead atoms. The number of nitrogens with one attached hydrogen (secondary N) is 1. The molecule has 1 aromatic heterocycles. The number of anilines is 1. The Labute approximate surface area is 134 Å². The van der Waals surface area contributed by atoms with Crippen molar-refractivity contribution >= 4 is 28.5 Å². The first-order chi connectivity index (χ1) is 10.6. The molecule has 0 spiro atoms. The summed E-state index contributed by atoms with van der Waals surface area (Å²) in [6.45, 7) is 4.24. The molecule has 0 radical (unpaired) electrons. The molecule has 5 nitrogen and oxygen atoms in total. The van der Waals surface area contributed by atoms with Crippen LogP contribution in [0.3, 0.4) is 0 Å². The minimum atomic E-state index is -0.219. The quantitative estimate of drug-likeness (QED) is 0.829. The van der Waals surface area contributed by atoms with Gasteiger partial charge < -0.3 is 4.74 Å². The van der Waals surface area contributed by atoms with Crippen molar-refractivity contribution in [3.05, 3.63) is 40.9 Å². The predicted octanol–water partition coefficient (Wildman–Crippen LogP) is 3.40. The molecule has 0 unspecified atom stereocenters. The van der Waals surface area contributed by atoms with Crippen LogP contribution in [0.25, 0.3) is 6.08 Å². The second kappa shape index (κ2) is 7.70. The van der Waals surface area contributed by atoms with Crippen molar-refractivity contribution in [3.8, 4) is 5.75 Å². The molecule has 22 heavy (non-hydrogen) atoms. The van der Waals surface area contributed by atoms with E-state index in [0.717, 1.165) is 22.7 Å². The third-order valence-corrected chi connectivity index (χ3v) is 3.68. The molecule has 0 aliphatic heterocycles. The molecule has 2 rings (SSSR count). The molecule has 0 saturated carbocycles. The van der Waals surface area contributed by atoms with Crippen molar-refractivity contribution in [2.75, 3.05) is 12.4 Å². The molecule has 0 saturated heterocycles. The molecule has 1 aromatic carbocycles.